The molecular weight excluding hydrogens is 250 g/mol. The van der Waals surface area contributed by atoms with Crippen molar-refractivity contribution < 1.29 is 4.74 Å². The van der Waals surface area contributed by atoms with Crippen LogP contribution in [-0.2, 0) is 6.54 Å². The van der Waals surface area contributed by atoms with Crippen LogP contribution in [0.4, 0.5) is 0 Å². The van der Waals surface area contributed by atoms with Crippen LogP contribution in [0, 0.1) is 0 Å². The van der Waals surface area contributed by atoms with Gasteiger partial charge in [-0.05, 0) is 26.2 Å². The molecule has 0 saturated heterocycles. The highest BCUT2D eigenvalue weighted by molar-refractivity contribution is 5.26. The van der Waals surface area contributed by atoms with Gasteiger partial charge in [-0.2, -0.15) is 0 Å². The Balaban J connectivity index is 2.09. The summed E-state index contributed by atoms with van der Waals surface area (Å²) < 4.78 is 6.01. The zero-order valence-corrected chi connectivity index (χ0v) is 13.1. The molecular formula is C16H27N3O. The van der Waals surface area contributed by atoms with Gasteiger partial charge in [0.1, 0.15) is 5.82 Å². The van der Waals surface area contributed by atoms with Gasteiger partial charge < -0.3 is 10.1 Å². The number of nitrogens with zero attached hydrogens (tertiary/aromatic N) is 2. The van der Waals surface area contributed by atoms with Gasteiger partial charge in [0.25, 0.3) is 0 Å². The van der Waals surface area contributed by atoms with Crippen molar-refractivity contribution in [2.45, 2.75) is 78.0 Å². The van der Waals surface area contributed by atoms with Crippen molar-refractivity contribution in [2.24, 2.45) is 0 Å². The molecule has 4 nitrogen and oxygen atoms in total. The molecule has 1 fully saturated rings. The Morgan fingerprint density at radius 1 is 1.35 bits per heavy atom. The smallest absolute Gasteiger partial charge is 0.160 e. The molecule has 0 aromatic carbocycles. The Labute approximate surface area is 122 Å². The third-order valence-corrected chi connectivity index (χ3v) is 3.52. The van der Waals surface area contributed by atoms with Gasteiger partial charge >= 0.3 is 0 Å². The Morgan fingerprint density at radius 2 is 2.10 bits per heavy atom. The molecule has 1 aromatic heterocycles. The quantitative estimate of drug-likeness (QED) is 0.791. The molecule has 1 aromatic rings. The summed E-state index contributed by atoms with van der Waals surface area (Å²) in [5.41, 5.74) is 0.999. The van der Waals surface area contributed by atoms with Crippen LogP contribution in [0.15, 0.2) is 6.20 Å². The van der Waals surface area contributed by atoms with Crippen molar-refractivity contribution in [3.05, 3.63) is 17.7 Å². The molecule has 0 amide bonds. The highest BCUT2D eigenvalue weighted by Gasteiger charge is 2.22. The van der Waals surface area contributed by atoms with E-state index in [1.807, 2.05) is 6.20 Å². The second-order valence-corrected chi connectivity index (χ2v) is 6.07. The van der Waals surface area contributed by atoms with Gasteiger partial charge in [0.2, 0.25) is 0 Å². The average molecular weight is 277 g/mol. The summed E-state index contributed by atoms with van der Waals surface area (Å²) in [7, 11) is 0. The topological polar surface area (TPSA) is 47.0 Å². The largest absolute Gasteiger partial charge is 0.487 e. The fourth-order valence-corrected chi connectivity index (χ4v) is 2.14. The van der Waals surface area contributed by atoms with E-state index >= 15 is 0 Å². The zero-order valence-electron chi connectivity index (χ0n) is 13.1. The summed E-state index contributed by atoms with van der Waals surface area (Å²) in [6.07, 6.45) is 6.81. The van der Waals surface area contributed by atoms with Crippen LogP contribution in [0.3, 0.4) is 0 Å². The van der Waals surface area contributed by atoms with Gasteiger partial charge in [-0.25, -0.2) is 9.97 Å². The number of aromatic nitrogens is 2. The number of nitrogens with one attached hydrogen (secondary N) is 1. The molecule has 1 aliphatic rings. The molecule has 1 unspecified atom stereocenters. The number of hydrogen-bond donors (Lipinski definition) is 1. The van der Waals surface area contributed by atoms with Gasteiger partial charge in [0.05, 0.1) is 18.0 Å². The molecule has 20 heavy (non-hydrogen) atoms. The van der Waals surface area contributed by atoms with E-state index < -0.39 is 0 Å². The summed E-state index contributed by atoms with van der Waals surface area (Å²) >= 11 is 0. The van der Waals surface area contributed by atoms with Gasteiger partial charge in [-0.3, -0.25) is 0 Å². The lowest BCUT2D eigenvalue weighted by molar-refractivity contribution is 0.205. The second kappa shape index (κ2) is 7.02. The molecule has 0 spiro atoms. The highest BCUT2D eigenvalue weighted by atomic mass is 16.5. The van der Waals surface area contributed by atoms with E-state index in [0.29, 0.717) is 12.0 Å². The van der Waals surface area contributed by atoms with Crippen molar-refractivity contribution in [3.63, 3.8) is 0 Å². The van der Waals surface area contributed by atoms with E-state index in [1.54, 1.807) is 0 Å². The number of rotatable bonds is 8. The zero-order chi connectivity index (χ0) is 14.5. The van der Waals surface area contributed by atoms with Crippen molar-refractivity contribution in [1.82, 2.24) is 15.3 Å². The van der Waals surface area contributed by atoms with Gasteiger partial charge in [0.15, 0.2) is 5.75 Å². The normalized spacial score (nSPS) is 16.4. The Bertz CT molecular complexity index is 430. The number of ether oxygens (including phenoxy) is 1. The van der Waals surface area contributed by atoms with Gasteiger partial charge in [0, 0.05) is 18.5 Å². The highest BCUT2D eigenvalue weighted by Crippen LogP contribution is 2.23. The summed E-state index contributed by atoms with van der Waals surface area (Å²) in [6.45, 7) is 9.30. The Hall–Kier alpha value is -1.16. The minimum atomic E-state index is 0.216. The first-order valence-electron chi connectivity index (χ1n) is 7.86. The molecule has 1 atom stereocenters. The summed E-state index contributed by atoms with van der Waals surface area (Å²) in [5, 5.41) is 3.51. The SMILES string of the molecule is CCCC(C)Oc1cnc(C(C)C)nc1CNC1CC1. The van der Waals surface area contributed by atoms with Crippen LogP contribution < -0.4 is 10.1 Å². The first-order valence-corrected chi connectivity index (χ1v) is 7.86. The van der Waals surface area contributed by atoms with E-state index in [4.69, 9.17) is 4.74 Å². The lowest BCUT2D eigenvalue weighted by Crippen LogP contribution is -2.20. The predicted octanol–water partition coefficient (Wildman–Crippen LogP) is 3.42. The summed E-state index contributed by atoms with van der Waals surface area (Å²) in [5.74, 6) is 2.08. The molecule has 112 valence electrons. The summed E-state index contributed by atoms with van der Waals surface area (Å²) in [4.78, 5) is 9.12. The molecule has 4 heteroatoms. The second-order valence-electron chi connectivity index (χ2n) is 6.07. The Kier molecular flexibility index (Phi) is 5.35. The van der Waals surface area contributed by atoms with Gasteiger partial charge in [-0.15, -0.1) is 0 Å². The van der Waals surface area contributed by atoms with Crippen LogP contribution in [0.25, 0.3) is 0 Å². The minimum absolute atomic E-state index is 0.216. The van der Waals surface area contributed by atoms with Crippen molar-refractivity contribution in [1.29, 1.82) is 0 Å². The van der Waals surface area contributed by atoms with Crippen LogP contribution in [-0.4, -0.2) is 22.1 Å². The first kappa shape index (κ1) is 15.2. The molecule has 1 saturated carbocycles. The van der Waals surface area contributed by atoms with Crippen molar-refractivity contribution in [2.75, 3.05) is 0 Å². The van der Waals surface area contributed by atoms with E-state index in [9.17, 15) is 0 Å². The Morgan fingerprint density at radius 3 is 2.70 bits per heavy atom. The molecule has 0 radical (unpaired) electrons. The lowest BCUT2D eigenvalue weighted by atomic mass is 10.2. The standard InChI is InChI=1S/C16H27N3O/c1-5-6-12(4)20-15-10-18-16(11(2)3)19-14(15)9-17-13-7-8-13/h10-13,17H,5-9H2,1-4H3. The third kappa shape index (κ3) is 4.44. The van der Waals surface area contributed by atoms with Crippen LogP contribution in [0.5, 0.6) is 5.75 Å². The van der Waals surface area contributed by atoms with E-state index in [0.717, 1.165) is 36.7 Å². The molecule has 0 aliphatic heterocycles. The maximum Gasteiger partial charge on any atom is 0.160 e. The lowest BCUT2D eigenvalue weighted by Gasteiger charge is -2.17. The predicted molar refractivity (Wildman–Crippen MR) is 81.0 cm³/mol. The molecule has 1 aliphatic carbocycles. The van der Waals surface area contributed by atoms with Crippen LogP contribution >= 0.6 is 0 Å². The molecule has 0 bridgehead atoms. The average Bonchev–Trinajstić information content (AvgIpc) is 3.21. The fourth-order valence-electron chi connectivity index (χ4n) is 2.14. The first-order chi connectivity index (χ1) is 9.60. The maximum atomic E-state index is 6.01. The van der Waals surface area contributed by atoms with E-state index in [1.165, 1.54) is 12.8 Å². The van der Waals surface area contributed by atoms with Crippen LogP contribution in [0.2, 0.25) is 0 Å². The van der Waals surface area contributed by atoms with E-state index in [2.05, 4.69) is 43.0 Å². The number of hydrogen-bond acceptors (Lipinski definition) is 4. The maximum absolute atomic E-state index is 6.01. The molecule has 2 rings (SSSR count). The fraction of sp³-hybridized carbons (Fsp3) is 0.750. The molecule has 1 heterocycles. The van der Waals surface area contributed by atoms with Crippen LogP contribution in [0.1, 0.15) is 70.8 Å². The van der Waals surface area contributed by atoms with E-state index in [-0.39, 0.29) is 6.10 Å². The van der Waals surface area contributed by atoms with Crippen molar-refractivity contribution >= 4 is 0 Å². The summed E-state index contributed by atoms with van der Waals surface area (Å²) in [6, 6.07) is 0.674. The van der Waals surface area contributed by atoms with Gasteiger partial charge in [-0.1, -0.05) is 27.2 Å². The minimum Gasteiger partial charge on any atom is -0.487 e. The third-order valence-electron chi connectivity index (χ3n) is 3.52. The van der Waals surface area contributed by atoms with Crippen molar-refractivity contribution in [3.8, 4) is 5.75 Å². The molecule has 1 N–H and O–H groups in total. The monoisotopic (exact) mass is 277 g/mol.